The topological polar surface area (TPSA) is 34.9 Å². The first-order valence-electron chi connectivity index (χ1n) is 4.29. The fraction of sp³-hybridized carbons (Fsp3) is 0.556. The fourth-order valence-corrected chi connectivity index (χ4v) is 0.950. The quantitative estimate of drug-likeness (QED) is 0.752. The van der Waals surface area contributed by atoms with E-state index in [1.165, 1.54) is 12.4 Å². The van der Waals surface area contributed by atoms with Gasteiger partial charge in [-0.2, -0.15) is 13.9 Å². The Balaban J connectivity index is 3.03. The highest BCUT2D eigenvalue weighted by molar-refractivity contribution is 5.80. The van der Waals surface area contributed by atoms with Crippen LogP contribution in [-0.2, 0) is 10.8 Å². The number of rotatable bonds is 3. The summed E-state index contributed by atoms with van der Waals surface area (Å²) < 4.78 is 26.6. The van der Waals surface area contributed by atoms with Crippen molar-refractivity contribution >= 4 is 5.78 Å². The van der Waals surface area contributed by atoms with Crippen LogP contribution in [-0.4, -0.2) is 15.6 Å². The molecule has 1 aromatic heterocycles. The lowest BCUT2D eigenvalue weighted by molar-refractivity contribution is -0.158. The minimum absolute atomic E-state index is 0.117. The number of carbonyl (C=O) groups is 1. The highest BCUT2D eigenvalue weighted by Gasteiger charge is 2.38. The molecule has 0 saturated heterocycles. The number of nitrogens with zero attached hydrogens (tertiary/aromatic N) is 2. The van der Waals surface area contributed by atoms with Crippen LogP contribution in [0.4, 0.5) is 8.78 Å². The molecule has 0 bridgehead atoms. The Morgan fingerprint density at radius 2 is 2.14 bits per heavy atom. The van der Waals surface area contributed by atoms with Crippen molar-refractivity contribution < 1.29 is 13.6 Å². The van der Waals surface area contributed by atoms with Crippen molar-refractivity contribution in [3.63, 3.8) is 0 Å². The fourth-order valence-electron chi connectivity index (χ4n) is 0.950. The molecule has 0 amide bonds. The van der Waals surface area contributed by atoms with Crippen LogP contribution in [0, 0.1) is 0 Å². The SMILES string of the molecule is CC(=O)C(F)(F)n1cc(C(C)C)cn1. The van der Waals surface area contributed by atoms with Crippen LogP contribution < -0.4 is 0 Å². The Hall–Kier alpha value is -1.26. The highest BCUT2D eigenvalue weighted by atomic mass is 19.3. The van der Waals surface area contributed by atoms with Crippen LogP contribution in [0.1, 0.15) is 32.3 Å². The maximum atomic E-state index is 13.1. The van der Waals surface area contributed by atoms with Crippen LogP contribution in [0.3, 0.4) is 0 Å². The summed E-state index contributed by atoms with van der Waals surface area (Å²) in [4.78, 5) is 10.6. The van der Waals surface area contributed by atoms with Crippen LogP contribution >= 0.6 is 0 Å². The number of halogens is 2. The minimum Gasteiger partial charge on any atom is -0.291 e. The van der Waals surface area contributed by atoms with Crippen molar-refractivity contribution in [1.82, 2.24) is 9.78 Å². The molecular weight excluding hydrogens is 190 g/mol. The Morgan fingerprint density at radius 3 is 2.50 bits per heavy atom. The number of hydrogen-bond donors (Lipinski definition) is 0. The molecule has 0 aliphatic rings. The second-order valence-electron chi connectivity index (χ2n) is 3.47. The summed E-state index contributed by atoms with van der Waals surface area (Å²) in [5.74, 6) is -1.09. The van der Waals surface area contributed by atoms with Gasteiger partial charge in [-0.1, -0.05) is 13.8 Å². The number of carbonyl (C=O) groups excluding carboxylic acids is 1. The molecule has 0 aliphatic carbocycles. The van der Waals surface area contributed by atoms with Gasteiger partial charge in [0.1, 0.15) is 0 Å². The average molecular weight is 202 g/mol. The predicted molar refractivity (Wildman–Crippen MR) is 47.2 cm³/mol. The molecule has 0 atom stereocenters. The highest BCUT2D eigenvalue weighted by Crippen LogP contribution is 2.23. The average Bonchev–Trinajstić information content (AvgIpc) is 2.51. The van der Waals surface area contributed by atoms with Crippen LogP contribution in [0.15, 0.2) is 12.4 Å². The zero-order valence-corrected chi connectivity index (χ0v) is 8.29. The van der Waals surface area contributed by atoms with E-state index in [2.05, 4.69) is 5.10 Å². The van der Waals surface area contributed by atoms with Crippen LogP contribution in [0.5, 0.6) is 0 Å². The van der Waals surface area contributed by atoms with Crippen molar-refractivity contribution in [2.24, 2.45) is 0 Å². The van der Waals surface area contributed by atoms with E-state index < -0.39 is 11.8 Å². The van der Waals surface area contributed by atoms with E-state index in [0.29, 0.717) is 10.2 Å². The second kappa shape index (κ2) is 3.48. The van der Waals surface area contributed by atoms with Crippen LogP contribution in [0.25, 0.3) is 0 Å². The molecule has 0 N–H and O–H groups in total. The first-order valence-corrected chi connectivity index (χ1v) is 4.29. The van der Waals surface area contributed by atoms with Gasteiger partial charge >= 0.3 is 6.05 Å². The van der Waals surface area contributed by atoms with Crippen molar-refractivity contribution in [1.29, 1.82) is 0 Å². The standard InChI is InChI=1S/C9H12F2N2O/c1-6(2)8-4-12-13(5-8)9(10,11)7(3)14/h4-6H,1-3H3. The molecule has 0 saturated carbocycles. The number of Topliss-reactive ketones (excluding diaryl/α,β-unsaturated/α-hetero) is 1. The second-order valence-corrected chi connectivity index (χ2v) is 3.47. The third kappa shape index (κ3) is 1.81. The molecule has 1 heterocycles. The molecular formula is C9H12F2N2O. The van der Waals surface area contributed by atoms with Gasteiger partial charge in [0.2, 0.25) is 5.78 Å². The van der Waals surface area contributed by atoms with Crippen molar-refractivity contribution in [2.75, 3.05) is 0 Å². The third-order valence-electron chi connectivity index (χ3n) is 1.98. The van der Waals surface area contributed by atoms with E-state index >= 15 is 0 Å². The van der Waals surface area contributed by atoms with Crippen molar-refractivity contribution in [3.05, 3.63) is 18.0 Å². The van der Waals surface area contributed by atoms with Gasteiger partial charge in [-0.05, 0) is 11.5 Å². The van der Waals surface area contributed by atoms with Gasteiger partial charge in [-0.15, -0.1) is 0 Å². The van der Waals surface area contributed by atoms with Crippen molar-refractivity contribution in [2.45, 2.75) is 32.7 Å². The maximum absolute atomic E-state index is 13.1. The van der Waals surface area contributed by atoms with Gasteiger partial charge in [0.05, 0.1) is 6.20 Å². The summed E-state index contributed by atoms with van der Waals surface area (Å²) in [5.41, 5.74) is 0.686. The molecule has 78 valence electrons. The summed E-state index contributed by atoms with van der Waals surface area (Å²) in [5, 5.41) is 3.48. The molecule has 1 aromatic rings. The molecule has 3 nitrogen and oxygen atoms in total. The summed E-state index contributed by atoms with van der Waals surface area (Å²) in [7, 11) is 0. The largest absolute Gasteiger partial charge is 0.402 e. The molecule has 0 unspecified atom stereocenters. The smallest absolute Gasteiger partial charge is 0.291 e. The third-order valence-corrected chi connectivity index (χ3v) is 1.98. The number of ketones is 1. The lowest BCUT2D eigenvalue weighted by Gasteiger charge is -2.12. The Bertz CT molecular complexity index is 344. The van der Waals surface area contributed by atoms with Gasteiger partial charge in [0, 0.05) is 13.1 Å². The first kappa shape index (κ1) is 10.8. The summed E-state index contributed by atoms with van der Waals surface area (Å²) in [6.45, 7) is 4.58. The van der Waals surface area contributed by atoms with E-state index in [0.717, 1.165) is 6.92 Å². The molecule has 0 aliphatic heterocycles. The van der Waals surface area contributed by atoms with Gasteiger partial charge in [-0.3, -0.25) is 4.79 Å². The van der Waals surface area contributed by atoms with E-state index in [-0.39, 0.29) is 5.92 Å². The normalized spacial score (nSPS) is 12.1. The number of alkyl halides is 2. The molecule has 5 heteroatoms. The molecule has 0 aromatic carbocycles. The number of hydrogen-bond acceptors (Lipinski definition) is 2. The van der Waals surface area contributed by atoms with E-state index in [4.69, 9.17) is 0 Å². The van der Waals surface area contributed by atoms with Gasteiger partial charge in [0.15, 0.2) is 0 Å². The van der Waals surface area contributed by atoms with Crippen LogP contribution in [0.2, 0.25) is 0 Å². The summed E-state index contributed by atoms with van der Waals surface area (Å²) in [6.07, 6.45) is 2.55. The van der Waals surface area contributed by atoms with E-state index in [9.17, 15) is 13.6 Å². The Morgan fingerprint density at radius 1 is 1.57 bits per heavy atom. The summed E-state index contributed by atoms with van der Waals surface area (Å²) >= 11 is 0. The van der Waals surface area contributed by atoms with E-state index in [1.54, 1.807) is 0 Å². The number of aromatic nitrogens is 2. The van der Waals surface area contributed by atoms with Gasteiger partial charge in [-0.25, -0.2) is 4.68 Å². The minimum atomic E-state index is -3.53. The monoisotopic (exact) mass is 202 g/mol. The molecule has 0 spiro atoms. The lowest BCUT2D eigenvalue weighted by Crippen LogP contribution is -2.31. The maximum Gasteiger partial charge on any atom is 0.402 e. The van der Waals surface area contributed by atoms with Gasteiger partial charge < -0.3 is 0 Å². The van der Waals surface area contributed by atoms with Crippen molar-refractivity contribution in [3.8, 4) is 0 Å². The van der Waals surface area contributed by atoms with Gasteiger partial charge in [0.25, 0.3) is 0 Å². The first-order chi connectivity index (χ1) is 6.35. The Kier molecular flexibility index (Phi) is 2.69. The molecule has 14 heavy (non-hydrogen) atoms. The molecule has 0 radical (unpaired) electrons. The summed E-state index contributed by atoms with van der Waals surface area (Å²) in [6, 6.07) is -3.53. The van der Waals surface area contributed by atoms with E-state index in [1.807, 2.05) is 13.8 Å². The predicted octanol–water partition coefficient (Wildman–Crippen LogP) is 2.14. The lowest BCUT2D eigenvalue weighted by atomic mass is 10.1. The zero-order chi connectivity index (χ0) is 10.9. The Labute approximate surface area is 80.7 Å². The molecule has 1 rings (SSSR count). The molecule has 0 fully saturated rings. The zero-order valence-electron chi connectivity index (χ0n) is 8.29.